The lowest BCUT2D eigenvalue weighted by Crippen LogP contribution is -2.21. The topological polar surface area (TPSA) is 46.2 Å². The van der Waals surface area contributed by atoms with Gasteiger partial charge in [0, 0.05) is 22.0 Å². The summed E-state index contributed by atoms with van der Waals surface area (Å²) in [5.41, 5.74) is 6.60. The lowest BCUT2D eigenvalue weighted by atomic mass is 9.89. The van der Waals surface area contributed by atoms with Crippen molar-refractivity contribution in [2.24, 2.45) is 5.73 Å². The number of nitrogens with two attached hydrogens (primary N) is 1. The molecule has 2 unspecified atom stereocenters. The fraction of sp³-hybridized carbons (Fsp3) is 0.200. The first-order chi connectivity index (χ1) is 9.93. The molecule has 6 heteroatoms. The van der Waals surface area contributed by atoms with Crippen LogP contribution in [0.1, 0.15) is 23.1 Å². The van der Waals surface area contributed by atoms with Gasteiger partial charge < -0.3 is 10.8 Å². The molecule has 0 saturated carbocycles. The monoisotopic (exact) mass is 375 g/mol. The Morgan fingerprint density at radius 1 is 1.10 bits per heavy atom. The Morgan fingerprint density at radius 2 is 1.71 bits per heavy atom. The molecular weight excluding hydrogens is 364 g/mol. The summed E-state index contributed by atoms with van der Waals surface area (Å²) in [7, 11) is 0. The zero-order valence-electron chi connectivity index (χ0n) is 10.9. The van der Waals surface area contributed by atoms with E-state index in [4.69, 9.17) is 17.3 Å². The Bertz CT molecular complexity index is 654. The van der Waals surface area contributed by atoms with Gasteiger partial charge in [-0.1, -0.05) is 33.6 Å². The average molecular weight is 377 g/mol. The summed E-state index contributed by atoms with van der Waals surface area (Å²) in [5.74, 6) is -1.51. The molecule has 0 heterocycles. The SMILES string of the molecule is NCC(c1ccc(F)cc1Cl)C(O)c1cc(F)ccc1Br. The summed E-state index contributed by atoms with van der Waals surface area (Å²) in [6.07, 6.45) is -1.07. The highest BCUT2D eigenvalue weighted by Crippen LogP contribution is 2.37. The van der Waals surface area contributed by atoms with Gasteiger partial charge in [0.05, 0.1) is 6.10 Å². The van der Waals surface area contributed by atoms with E-state index < -0.39 is 23.7 Å². The lowest BCUT2D eigenvalue weighted by molar-refractivity contribution is 0.146. The number of benzene rings is 2. The van der Waals surface area contributed by atoms with Crippen molar-refractivity contribution in [1.82, 2.24) is 0 Å². The van der Waals surface area contributed by atoms with Crippen molar-refractivity contribution in [2.75, 3.05) is 6.54 Å². The molecule has 2 rings (SSSR count). The van der Waals surface area contributed by atoms with Crippen molar-refractivity contribution in [1.29, 1.82) is 0 Å². The van der Waals surface area contributed by atoms with Crippen LogP contribution in [0.3, 0.4) is 0 Å². The van der Waals surface area contributed by atoms with Gasteiger partial charge in [0.2, 0.25) is 0 Å². The van der Waals surface area contributed by atoms with E-state index in [1.165, 1.54) is 30.3 Å². The second-order valence-electron chi connectivity index (χ2n) is 4.62. The smallest absolute Gasteiger partial charge is 0.124 e. The summed E-state index contributed by atoms with van der Waals surface area (Å²) in [4.78, 5) is 0. The van der Waals surface area contributed by atoms with E-state index in [1.807, 2.05) is 0 Å². The molecule has 2 nitrogen and oxygen atoms in total. The summed E-state index contributed by atoms with van der Waals surface area (Å²) < 4.78 is 27.1. The minimum absolute atomic E-state index is 0.0788. The molecule has 112 valence electrons. The van der Waals surface area contributed by atoms with Gasteiger partial charge in [0.15, 0.2) is 0 Å². The summed E-state index contributed by atoms with van der Waals surface area (Å²) in [6, 6.07) is 7.90. The third-order valence-corrected chi connectivity index (χ3v) is 4.32. The molecule has 2 aromatic rings. The number of halogens is 4. The minimum Gasteiger partial charge on any atom is -0.388 e. The van der Waals surface area contributed by atoms with Crippen molar-refractivity contribution in [3.8, 4) is 0 Å². The maximum absolute atomic E-state index is 13.4. The molecule has 2 atom stereocenters. The first kappa shape index (κ1) is 16.4. The summed E-state index contributed by atoms with van der Waals surface area (Å²) >= 11 is 9.28. The quantitative estimate of drug-likeness (QED) is 0.842. The van der Waals surface area contributed by atoms with Crippen LogP contribution in [0.15, 0.2) is 40.9 Å². The van der Waals surface area contributed by atoms with Crippen molar-refractivity contribution < 1.29 is 13.9 Å². The van der Waals surface area contributed by atoms with Gasteiger partial charge in [-0.2, -0.15) is 0 Å². The molecule has 3 N–H and O–H groups in total. The van der Waals surface area contributed by atoms with Crippen LogP contribution in [-0.2, 0) is 0 Å². The summed E-state index contributed by atoms with van der Waals surface area (Å²) in [6.45, 7) is 0.0788. The van der Waals surface area contributed by atoms with E-state index >= 15 is 0 Å². The molecule has 0 spiro atoms. The van der Waals surface area contributed by atoms with Crippen LogP contribution in [0.4, 0.5) is 8.78 Å². The van der Waals surface area contributed by atoms with Crippen LogP contribution >= 0.6 is 27.5 Å². The average Bonchev–Trinajstić information content (AvgIpc) is 2.44. The van der Waals surface area contributed by atoms with Crippen LogP contribution < -0.4 is 5.73 Å². The highest BCUT2D eigenvalue weighted by molar-refractivity contribution is 9.10. The van der Waals surface area contributed by atoms with Gasteiger partial charge in [-0.25, -0.2) is 8.78 Å². The van der Waals surface area contributed by atoms with Gasteiger partial charge in [-0.15, -0.1) is 0 Å². The van der Waals surface area contributed by atoms with Gasteiger partial charge in [-0.3, -0.25) is 0 Å². The highest BCUT2D eigenvalue weighted by atomic mass is 79.9. The maximum Gasteiger partial charge on any atom is 0.124 e. The predicted molar refractivity (Wildman–Crippen MR) is 82.3 cm³/mol. The maximum atomic E-state index is 13.4. The van der Waals surface area contributed by atoms with E-state index in [1.54, 1.807) is 0 Å². The zero-order chi connectivity index (χ0) is 15.6. The largest absolute Gasteiger partial charge is 0.388 e. The van der Waals surface area contributed by atoms with Crippen molar-refractivity contribution in [3.63, 3.8) is 0 Å². The number of aliphatic hydroxyl groups excluding tert-OH is 1. The second kappa shape index (κ2) is 6.83. The third kappa shape index (κ3) is 3.61. The van der Waals surface area contributed by atoms with Gasteiger partial charge >= 0.3 is 0 Å². The van der Waals surface area contributed by atoms with Crippen molar-refractivity contribution >= 4 is 27.5 Å². The highest BCUT2D eigenvalue weighted by Gasteiger charge is 2.25. The van der Waals surface area contributed by atoms with Crippen molar-refractivity contribution in [2.45, 2.75) is 12.0 Å². The van der Waals surface area contributed by atoms with Gasteiger partial charge in [-0.05, 0) is 41.5 Å². The van der Waals surface area contributed by atoms with Gasteiger partial charge in [0.1, 0.15) is 11.6 Å². The lowest BCUT2D eigenvalue weighted by Gasteiger charge is -2.24. The second-order valence-corrected chi connectivity index (χ2v) is 5.88. The van der Waals surface area contributed by atoms with E-state index in [2.05, 4.69) is 15.9 Å². The van der Waals surface area contributed by atoms with E-state index in [-0.39, 0.29) is 11.6 Å². The van der Waals surface area contributed by atoms with Crippen LogP contribution in [0, 0.1) is 11.6 Å². The molecule has 2 aromatic carbocycles. The molecule has 0 aliphatic rings. The molecule has 0 aliphatic carbocycles. The van der Waals surface area contributed by atoms with Gasteiger partial charge in [0.25, 0.3) is 0 Å². The van der Waals surface area contributed by atoms with E-state index in [0.29, 0.717) is 15.6 Å². The predicted octanol–water partition coefficient (Wildman–Crippen LogP) is 4.16. The first-order valence-corrected chi connectivity index (χ1v) is 7.39. The Labute approximate surface area is 134 Å². The standard InChI is InChI=1S/C15H13BrClF2NO/c16-13-4-2-8(18)5-11(13)15(21)12(7-20)10-3-1-9(19)6-14(10)17/h1-6,12,15,21H,7,20H2. The first-order valence-electron chi connectivity index (χ1n) is 6.22. The molecule has 0 aromatic heterocycles. The Hall–Kier alpha value is -1.01. The molecule has 0 fully saturated rings. The van der Waals surface area contributed by atoms with E-state index in [9.17, 15) is 13.9 Å². The molecule has 0 saturated heterocycles. The number of hydrogen-bond acceptors (Lipinski definition) is 2. The van der Waals surface area contributed by atoms with Crippen LogP contribution in [0.2, 0.25) is 5.02 Å². The number of hydrogen-bond donors (Lipinski definition) is 2. The number of rotatable bonds is 4. The third-order valence-electron chi connectivity index (χ3n) is 3.27. The molecule has 0 amide bonds. The minimum atomic E-state index is -1.07. The Morgan fingerprint density at radius 3 is 2.33 bits per heavy atom. The molecule has 0 aliphatic heterocycles. The fourth-order valence-electron chi connectivity index (χ4n) is 2.19. The number of aliphatic hydroxyl groups is 1. The van der Waals surface area contributed by atoms with E-state index in [0.717, 1.165) is 6.07 Å². The van der Waals surface area contributed by atoms with Crippen LogP contribution in [0.5, 0.6) is 0 Å². The fourth-order valence-corrected chi connectivity index (χ4v) is 2.97. The molecular formula is C15H13BrClF2NO. The normalized spacial score (nSPS) is 14.0. The Kier molecular flexibility index (Phi) is 5.32. The van der Waals surface area contributed by atoms with Crippen LogP contribution in [-0.4, -0.2) is 11.7 Å². The van der Waals surface area contributed by atoms with Crippen molar-refractivity contribution in [3.05, 3.63) is 68.7 Å². The summed E-state index contributed by atoms with van der Waals surface area (Å²) in [5, 5.41) is 10.7. The molecule has 21 heavy (non-hydrogen) atoms. The zero-order valence-corrected chi connectivity index (χ0v) is 13.2. The molecule has 0 bridgehead atoms. The molecule has 0 radical (unpaired) electrons. The Balaban J connectivity index is 2.43. The van der Waals surface area contributed by atoms with Crippen LogP contribution in [0.25, 0.3) is 0 Å².